The molecule has 0 aromatic carbocycles. The van der Waals surface area contributed by atoms with Crippen molar-refractivity contribution in [3.8, 4) is 0 Å². The average Bonchev–Trinajstić information content (AvgIpc) is 2.63. The first kappa shape index (κ1) is 16.5. The molecule has 1 aliphatic rings. The number of hydrogen-bond acceptors (Lipinski definition) is 4. The summed E-state index contributed by atoms with van der Waals surface area (Å²) >= 11 is 0. The minimum absolute atomic E-state index is 0.0107. The van der Waals surface area contributed by atoms with Crippen molar-refractivity contribution < 1.29 is 19.1 Å². The minimum atomic E-state index is -0.846. The van der Waals surface area contributed by atoms with Crippen LogP contribution in [-0.2, 0) is 14.3 Å². The second kappa shape index (κ2) is 6.77. The third kappa shape index (κ3) is 3.99. The fraction of sp³-hybridized carbons (Fsp3) is 0.733. The molecular weight excluding hydrogens is 258 g/mol. The second-order valence-corrected chi connectivity index (χ2v) is 5.76. The van der Waals surface area contributed by atoms with Gasteiger partial charge in [0.1, 0.15) is 0 Å². The van der Waals surface area contributed by atoms with E-state index in [-0.39, 0.29) is 18.1 Å². The van der Waals surface area contributed by atoms with E-state index in [0.29, 0.717) is 0 Å². The lowest BCUT2D eigenvalue weighted by Crippen LogP contribution is -2.36. The molecular formula is C15H25NO4. The molecule has 0 bridgehead atoms. The van der Waals surface area contributed by atoms with Gasteiger partial charge in [0.25, 0.3) is 0 Å². The minimum Gasteiger partial charge on any atom is -0.463 e. The van der Waals surface area contributed by atoms with Crippen molar-refractivity contribution in [2.45, 2.75) is 59.6 Å². The van der Waals surface area contributed by atoms with Crippen molar-refractivity contribution in [1.82, 2.24) is 4.90 Å². The number of nitrogens with zero attached hydrogens (tertiary/aromatic N) is 1. The summed E-state index contributed by atoms with van der Waals surface area (Å²) in [5.74, 6) is -0.489. The molecule has 2 unspecified atom stereocenters. The maximum Gasteiger partial charge on any atom is 0.415 e. The standard InChI is InChI=1S/C15H25NO4/c1-6-8-15(4,5)9-10-16-11(3)12(20-14(16)18)13(17)19-7-2/h9-12H,6-8H2,1-5H3/b10-9-. The average molecular weight is 283 g/mol. The fourth-order valence-corrected chi connectivity index (χ4v) is 2.26. The quantitative estimate of drug-likeness (QED) is 0.703. The van der Waals surface area contributed by atoms with Crippen LogP contribution < -0.4 is 0 Å². The van der Waals surface area contributed by atoms with E-state index in [9.17, 15) is 9.59 Å². The number of ether oxygens (including phenoxy) is 2. The molecule has 1 amide bonds. The van der Waals surface area contributed by atoms with E-state index in [4.69, 9.17) is 9.47 Å². The molecule has 5 heteroatoms. The van der Waals surface area contributed by atoms with Gasteiger partial charge in [-0.15, -0.1) is 0 Å². The van der Waals surface area contributed by atoms with Gasteiger partial charge in [0.05, 0.1) is 12.6 Å². The SMILES string of the molecule is CCCC(C)(C)/C=C\N1C(=O)OC(C(=O)OCC)C1C. The molecule has 1 rings (SSSR count). The summed E-state index contributed by atoms with van der Waals surface area (Å²) in [7, 11) is 0. The Labute approximate surface area is 120 Å². The van der Waals surface area contributed by atoms with Crippen molar-refractivity contribution in [2.75, 3.05) is 6.61 Å². The first-order valence-electron chi connectivity index (χ1n) is 7.17. The number of hydrogen-bond donors (Lipinski definition) is 0. The van der Waals surface area contributed by atoms with Crippen LogP contribution in [0.3, 0.4) is 0 Å². The van der Waals surface area contributed by atoms with E-state index in [1.54, 1.807) is 20.0 Å². The topological polar surface area (TPSA) is 55.8 Å². The summed E-state index contributed by atoms with van der Waals surface area (Å²) in [4.78, 5) is 25.0. The van der Waals surface area contributed by atoms with Gasteiger partial charge in [-0.1, -0.05) is 33.3 Å². The van der Waals surface area contributed by atoms with Crippen LogP contribution in [0.4, 0.5) is 4.79 Å². The lowest BCUT2D eigenvalue weighted by molar-refractivity contribution is -0.152. The lowest BCUT2D eigenvalue weighted by atomic mass is 9.88. The maximum atomic E-state index is 11.8. The Morgan fingerprint density at radius 1 is 1.45 bits per heavy atom. The summed E-state index contributed by atoms with van der Waals surface area (Å²) in [6.07, 6.45) is 4.47. The van der Waals surface area contributed by atoms with E-state index in [1.165, 1.54) is 4.90 Å². The summed E-state index contributed by atoms with van der Waals surface area (Å²) in [6, 6.07) is -0.352. The van der Waals surface area contributed by atoms with Crippen LogP contribution in [0.25, 0.3) is 0 Å². The lowest BCUT2D eigenvalue weighted by Gasteiger charge is -2.21. The Hall–Kier alpha value is -1.52. The van der Waals surface area contributed by atoms with Gasteiger partial charge in [0, 0.05) is 6.20 Å². The van der Waals surface area contributed by atoms with E-state index in [2.05, 4.69) is 20.8 Å². The zero-order valence-electron chi connectivity index (χ0n) is 13.0. The Morgan fingerprint density at radius 3 is 2.65 bits per heavy atom. The summed E-state index contributed by atoms with van der Waals surface area (Å²) in [5, 5.41) is 0. The highest BCUT2D eigenvalue weighted by molar-refractivity contribution is 5.83. The Balaban J connectivity index is 2.75. The van der Waals surface area contributed by atoms with Gasteiger partial charge in [-0.3, -0.25) is 4.90 Å². The number of cyclic esters (lactones) is 1. The van der Waals surface area contributed by atoms with Gasteiger partial charge < -0.3 is 9.47 Å². The molecule has 0 aliphatic carbocycles. The van der Waals surface area contributed by atoms with Crippen LogP contribution in [-0.4, -0.2) is 35.7 Å². The Morgan fingerprint density at radius 2 is 2.10 bits per heavy atom. The Kier molecular flexibility index (Phi) is 5.60. The number of rotatable bonds is 6. The zero-order chi connectivity index (χ0) is 15.3. The van der Waals surface area contributed by atoms with Crippen molar-refractivity contribution in [3.05, 3.63) is 12.3 Å². The fourth-order valence-electron chi connectivity index (χ4n) is 2.26. The Bertz CT molecular complexity index is 389. The molecule has 114 valence electrons. The van der Waals surface area contributed by atoms with E-state index in [0.717, 1.165) is 12.8 Å². The maximum absolute atomic E-state index is 11.8. The van der Waals surface area contributed by atoms with E-state index >= 15 is 0 Å². The van der Waals surface area contributed by atoms with Crippen LogP contribution in [0.15, 0.2) is 12.3 Å². The van der Waals surface area contributed by atoms with Crippen molar-refractivity contribution in [1.29, 1.82) is 0 Å². The monoisotopic (exact) mass is 283 g/mol. The molecule has 0 radical (unpaired) electrons. The van der Waals surface area contributed by atoms with Gasteiger partial charge in [-0.25, -0.2) is 9.59 Å². The highest BCUT2D eigenvalue weighted by Gasteiger charge is 2.43. The van der Waals surface area contributed by atoms with Gasteiger partial charge in [0.15, 0.2) is 0 Å². The molecule has 20 heavy (non-hydrogen) atoms. The third-order valence-electron chi connectivity index (χ3n) is 3.42. The predicted octanol–water partition coefficient (Wildman–Crippen LogP) is 3.10. The normalized spacial score (nSPS) is 23.2. The molecule has 1 heterocycles. The van der Waals surface area contributed by atoms with E-state index < -0.39 is 18.2 Å². The highest BCUT2D eigenvalue weighted by Crippen LogP contribution is 2.26. The summed E-state index contributed by atoms with van der Waals surface area (Å²) in [6.45, 7) is 10.1. The molecule has 0 spiro atoms. The van der Waals surface area contributed by atoms with Crippen molar-refractivity contribution in [2.24, 2.45) is 5.41 Å². The molecule has 1 saturated heterocycles. The van der Waals surface area contributed by atoms with Crippen LogP contribution >= 0.6 is 0 Å². The number of carbonyl (C=O) groups is 2. The summed E-state index contributed by atoms with van der Waals surface area (Å²) < 4.78 is 10.00. The largest absolute Gasteiger partial charge is 0.463 e. The van der Waals surface area contributed by atoms with Crippen LogP contribution in [0.1, 0.15) is 47.5 Å². The van der Waals surface area contributed by atoms with Gasteiger partial charge >= 0.3 is 12.1 Å². The summed E-state index contributed by atoms with van der Waals surface area (Å²) in [5.41, 5.74) is 0.0107. The molecule has 0 saturated carbocycles. The molecule has 0 N–H and O–H groups in total. The van der Waals surface area contributed by atoms with E-state index in [1.807, 2.05) is 6.08 Å². The second-order valence-electron chi connectivity index (χ2n) is 5.76. The van der Waals surface area contributed by atoms with Gasteiger partial charge in [-0.05, 0) is 25.7 Å². The molecule has 2 atom stereocenters. The molecule has 1 aliphatic heterocycles. The van der Waals surface area contributed by atoms with Gasteiger partial charge in [0.2, 0.25) is 6.10 Å². The van der Waals surface area contributed by atoms with Crippen LogP contribution in [0.2, 0.25) is 0 Å². The first-order valence-corrected chi connectivity index (χ1v) is 7.17. The predicted molar refractivity (Wildman–Crippen MR) is 76.0 cm³/mol. The first-order chi connectivity index (χ1) is 9.32. The number of carbonyl (C=O) groups excluding carboxylic acids is 2. The van der Waals surface area contributed by atoms with Crippen LogP contribution in [0.5, 0.6) is 0 Å². The number of esters is 1. The number of amides is 1. The smallest absolute Gasteiger partial charge is 0.415 e. The van der Waals surface area contributed by atoms with Crippen molar-refractivity contribution >= 4 is 12.1 Å². The zero-order valence-corrected chi connectivity index (χ0v) is 13.0. The number of allylic oxidation sites excluding steroid dienone is 1. The van der Waals surface area contributed by atoms with Crippen molar-refractivity contribution in [3.63, 3.8) is 0 Å². The molecule has 0 aromatic rings. The van der Waals surface area contributed by atoms with Crippen LogP contribution in [0, 0.1) is 5.41 Å². The molecule has 1 fully saturated rings. The molecule has 5 nitrogen and oxygen atoms in total. The third-order valence-corrected chi connectivity index (χ3v) is 3.42. The van der Waals surface area contributed by atoms with Gasteiger partial charge in [-0.2, -0.15) is 0 Å². The highest BCUT2D eigenvalue weighted by atomic mass is 16.6. The molecule has 0 aromatic heterocycles.